The first kappa shape index (κ1) is 59.8. The number of aliphatic hydroxyl groups is 10. The van der Waals surface area contributed by atoms with Gasteiger partial charge in [-0.2, -0.15) is 0 Å². The molecule has 0 saturated carbocycles. The van der Waals surface area contributed by atoms with Crippen LogP contribution in [0.15, 0.2) is 85.1 Å². The number of carbonyl (C=O) groups is 2. The van der Waals surface area contributed by atoms with Crippen LogP contribution in [0.3, 0.4) is 0 Å². The van der Waals surface area contributed by atoms with Crippen LogP contribution in [0.1, 0.15) is 79.1 Å². The zero-order valence-corrected chi connectivity index (χ0v) is 40.5. The summed E-state index contributed by atoms with van der Waals surface area (Å²) in [5.74, 6) is -5.64. The third-order valence-electron chi connectivity index (χ3n) is 12.6. The summed E-state index contributed by atoms with van der Waals surface area (Å²) in [6, 6.07) is -1.13. The number of ether oxygens (including phenoxy) is 5. The predicted octanol–water partition coefficient (Wildman–Crippen LogP) is 0.390. The van der Waals surface area contributed by atoms with Crippen molar-refractivity contribution in [1.82, 2.24) is 5.32 Å². The molecule has 3 rings (SSSR count). The number of methoxy groups -OCH3 is 1. The van der Waals surface area contributed by atoms with E-state index in [4.69, 9.17) is 29.4 Å². The Morgan fingerprint density at radius 1 is 0.710 bits per heavy atom. The first-order valence-corrected chi connectivity index (χ1v) is 23.9. The average Bonchev–Trinajstić information content (AvgIpc) is 3.27. The molecule has 2 fully saturated rings. The minimum atomic E-state index is -2.24. The standard InChI is InChI=1S/C50H80N2O17/c1-30-18-16-14-12-10-8-6-7-9-11-13-15-17-19-37(68-49-47(62)44(51)46(61)33(4)67-49)27-41-43(48(63)52-22-23-65-5)40(58)29-50(64,69-41)28-36(55)24-34(53)20-21-38(56)39(57)25-35(54)26-42(59)66-32(3)31(2)45(30)60/h6-19,30-41,43-47,49,53-58,60-62,64H,20-29,51H2,1-5H3,(H,52,63)/b7-6+,10-8+,11-9+,14-12+,15-13+,18-16-,19-17+/t30-,31+,32-,33+,34-,35+,36-,37-,38-,39-,40-,41-,43+,44-,45+,46+,47-,49-,50+/m0/s1. The van der Waals surface area contributed by atoms with E-state index in [9.17, 15) is 60.7 Å². The molecule has 19 heteroatoms. The summed E-state index contributed by atoms with van der Waals surface area (Å²) in [5.41, 5.74) is 6.09. The Bertz CT molecular complexity index is 1740. The van der Waals surface area contributed by atoms with Gasteiger partial charge in [-0.15, -0.1) is 0 Å². The van der Waals surface area contributed by atoms with Gasteiger partial charge in [0, 0.05) is 51.2 Å². The minimum absolute atomic E-state index is 0.0934. The molecule has 3 heterocycles. The van der Waals surface area contributed by atoms with Crippen molar-refractivity contribution in [3.8, 4) is 0 Å². The molecule has 0 aromatic carbocycles. The van der Waals surface area contributed by atoms with Crippen molar-refractivity contribution in [2.45, 2.75) is 177 Å². The van der Waals surface area contributed by atoms with Crippen molar-refractivity contribution in [3.05, 3.63) is 85.1 Å². The number of hydrogen-bond acceptors (Lipinski definition) is 18. The van der Waals surface area contributed by atoms with Crippen LogP contribution in [0, 0.1) is 17.8 Å². The number of nitrogens with two attached hydrogens (primary N) is 1. The second kappa shape index (κ2) is 30.4. The van der Waals surface area contributed by atoms with Gasteiger partial charge >= 0.3 is 5.97 Å². The van der Waals surface area contributed by atoms with Gasteiger partial charge in [-0.25, -0.2) is 0 Å². The van der Waals surface area contributed by atoms with E-state index in [0.29, 0.717) is 0 Å². The van der Waals surface area contributed by atoms with Gasteiger partial charge in [0.25, 0.3) is 0 Å². The third-order valence-corrected chi connectivity index (χ3v) is 12.6. The van der Waals surface area contributed by atoms with Crippen LogP contribution in [-0.2, 0) is 33.3 Å². The maximum atomic E-state index is 13.6. The number of fused-ring (bicyclic) bond motifs is 2. The van der Waals surface area contributed by atoms with Crippen molar-refractivity contribution in [2.24, 2.45) is 23.5 Å². The van der Waals surface area contributed by atoms with E-state index in [1.807, 2.05) is 37.3 Å². The fourth-order valence-electron chi connectivity index (χ4n) is 8.38. The Balaban J connectivity index is 1.91. The highest BCUT2D eigenvalue weighted by molar-refractivity contribution is 5.80. The zero-order valence-electron chi connectivity index (χ0n) is 40.5. The normalized spacial score (nSPS) is 43.5. The minimum Gasteiger partial charge on any atom is -0.462 e. The van der Waals surface area contributed by atoms with Gasteiger partial charge < -0.3 is 85.8 Å². The Kier molecular flexibility index (Phi) is 26.4. The molecule has 2 bridgehead atoms. The highest BCUT2D eigenvalue weighted by atomic mass is 16.7. The number of aliphatic hydroxyl groups excluding tert-OH is 9. The maximum absolute atomic E-state index is 13.6. The van der Waals surface area contributed by atoms with Crippen molar-refractivity contribution in [2.75, 3.05) is 20.3 Å². The van der Waals surface area contributed by atoms with Crippen molar-refractivity contribution < 1.29 is 84.3 Å². The molecule has 0 aliphatic carbocycles. The fourth-order valence-corrected chi connectivity index (χ4v) is 8.38. The summed E-state index contributed by atoms with van der Waals surface area (Å²) >= 11 is 0. The summed E-state index contributed by atoms with van der Waals surface area (Å²) in [6.45, 7) is 7.02. The van der Waals surface area contributed by atoms with Crippen molar-refractivity contribution in [3.63, 3.8) is 0 Å². The van der Waals surface area contributed by atoms with E-state index in [-0.39, 0.29) is 51.2 Å². The van der Waals surface area contributed by atoms with E-state index in [1.165, 1.54) is 7.11 Å². The van der Waals surface area contributed by atoms with Crippen molar-refractivity contribution in [1.29, 1.82) is 0 Å². The molecule has 19 atom stereocenters. The number of cyclic esters (lactones) is 1. The molecule has 0 unspecified atom stereocenters. The number of rotatable bonds is 6. The van der Waals surface area contributed by atoms with Crippen LogP contribution < -0.4 is 11.1 Å². The van der Waals surface area contributed by atoms with Gasteiger partial charge in [0.15, 0.2) is 12.1 Å². The van der Waals surface area contributed by atoms with E-state index < -0.39 is 140 Å². The van der Waals surface area contributed by atoms with Crippen LogP contribution in [0.25, 0.3) is 0 Å². The molecular weight excluding hydrogens is 901 g/mol. The van der Waals surface area contributed by atoms with E-state index in [2.05, 4.69) is 5.32 Å². The van der Waals surface area contributed by atoms with Crippen LogP contribution in [0.2, 0.25) is 0 Å². The Hall–Kier alpha value is -3.48. The molecule has 2 saturated heterocycles. The Morgan fingerprint density at radius 2 is 1.30 bits per heavy atom. The first-order chi connectivity index (χ1) is 32.7. The quantitative estimate of drug-likeness (QED) is 0.127. The molecule has 0 radical (unpaired) electrons. The lowest BCUT2D eigenvalue weighted by molar-refractivity contribution is -0.307. The predicted molar refractivity (Wildman–Crippen MR) is 254 cm³/mol. The monoisotopic (exact) mass is 981 g/mol. The van der Waals surface area contributed by atoms with Crippen LogP contribution in [-0.4, -0.2) is 181 Å². The molecule has 13 N–H and O–H groups in total. The van der Waals surface area contributed by atoms with E-state index >= 15 is 0 Å². The van der Waals surface area contributed by atoms with Gasteiger partial charge in [-0.3, -0.25) is 9.59 Å². The molecule has 19 nitrogen and oxygen atoms in total. The lowest BCUT2D eigenvalue weighted by atomic mass is 9.82. The highest BCUT2D eigenvalue weighted by Gasteiger charge is 2.50. The van der Waals surface area contributed by atoms with Gasteiger partial charge in [-0.05, 0) is 33.1 Å². The van der Waals surface area contributed by atoms with Crippen LogP contribution >= 0.6 is 0 Å². The van der Waals surface area contributed by atoms with Crippen LogP contribution in [0.4, 0.5) is 0 Å². The van der Waals surface area contributed by atoms with E-state index in [0.717, 1.165) is 0 Å². The summed E-state index contributed by atoms with van der Waals surface area (Å²) in [5, 5.41) is 112. The van der Waals surface area contributed by atoms with E-state index in [1.54, 1.807) is 75.5 Å². The smallest absolute Gasteiger partial charge is 0.308 e. The SMILES string of the molecule is COCCNC(=O)[C@H]1[C@@H]2C[C@@H](O[C@@H]3O[C@H](C)[C@@H](O)[C@H](N)[C@@H]3O)/C=C/C=C/C=C/C=C/C=C/C=C/C=C\[C@H](C)[C@@H](O)[C@H](C)[C@H](C)OC(=O)C[C@H](O)C[C@H](O)[C@@H](O)CC[C@H](O)C[C@H](O)C[C@](O)(C[C@@H]1O)O2. The average molecular weight is 981 g/mol. The molecular formula is C50H80N2O17. The number of hydrogen-bond donors (Lipinski definition) is 12. The topological polar surface area (TPSA) is 321 Å². The lowest BCUT2D eigenvalue weighted by Crippen LogP contribution is -2.62. The number of esters is 1. The third kappa shape index (κ3) is 20.6. The summed E-state index contributed by atoms with van der Waals surface area (Å²) in [7, 11) is 1.45. The molecule has 3 aliphatic heterocycles. The largest absolute Gasteiger partial charge is 0.462 e. The molecule has 0 aromatic heterocycles. The molecule has 1 amide bonds. The Labute approximate surface area is 405 Å². The van der Waals surface area contributed by atoms with Gasteiger partial charge in [0.05, 0.1) is 92.1 Å². The summed E-state index contributed by atoms with van der Waals surface area (Å²) in [4.78, 5) is 26.3. The number of carbonyl (C=O) groups excluding carboxylic acids is 2. The number of amides is 1. The number of allylic oxidation sites excluding steroid dienone is 12. The molecule has 3 aliphatic rings. The van der Waals surface area contributed by atoms with Crippen LogP contribution in [0.5, 0.6) is 0 Å². The van der Waals surface area contributed by atoms with Gasteiger partial charge in [-0.1, -0.05) is 98.9 Å². The van der Waals surface area contributed by atoms with Gasteiger partial charge in [0.2, 0.25) is 5.91 Å². The Morgan fingerprint density at radius 3 is 1.91 bits per heavy atom. The lowest BCUT2D eigenvalue weighted by Gasteiger charge is -2.46. The fraction of sp³-hybridized carbons (Fsp3) is 0.680. The molecule has 0 spiro atoms. The first-order valence-electron chi connectivity index (χ1n) is 23.9. The second-order valence-electron chi connectivity index (χ2n) is 18.5. The summed E-state index contributed by atoms with van der Waals surface area (Å²) < 4.78 is 28.7. The molecule has 69 heavy (non-hydrogen) atoms. The second-order valence-corrected chi connectivity index (χ2v) is 18.5. The zero-order chi connectivity index (χ0) is 51.3. The van der Waals surface area contributed by atoms with Gasteiger partial charge in [0.1, 0.15) is 12.2 Å². The molecule has 0 aromatic rings. The number of nitrogens with one attached hydrogen (secondary N) is 1. The summed E-state index contributed by atoms with van der Waals surface area (Å²) in [6.07, 6.45) is 4.73. The maximum Gasteiger partial charge on any atom is 0.308 e. The van der Waals surface area contributed by atoms with Crippen molar-refractivity contribution >= 4 is 11.9 Å². The highest BCUT2D eigenvalue weighted by Crippen LogP contribution is 2.38. The molecule has 392 valence electrons.